The van der Waals surface area contributed by atoms with Gasteiger partial charge in [-0.2, -0.15) is 0 Å². The minimum atomic E-state index is 0.00366. The van der Waals surface area contributed by atoms with Gasteiger partial charge in [-0.25, -0.2) is 4.98 Å². The van der Waals surface area contributed by atoms with Gasteiger partial charge in [0.05, 0.1) is 23.2 Å². The van der Waals surface area contributed by atoms with Gasteiger partial charge in [-0.1, -0.05) is 67.1 Å². The number of hydrogen-bond donors (Lipinski definition) is 0. The predicted molar refractivity (Wildman–Crippen MR) is 129 cm³/mol. The number of nitrogens with zero attached hydrogens (tertiary/aromatic N) is 3. The van der Waals surface area contributed by atoms with E-state index in [9.17, 15) is 4.79 Å². The lowest BCUT2D eigenvalue weighted by Crippen LogP contribution is -2.31. The zero-order valence-electron chi connectivity index (χ0n) is 17.8. The van der Waals surface area contributed by atoms with Crippen LogP contribution in [0.3, 0.4) is 0 Å². The molecule has 0 aliphatic heterocycles. The van der Waals surface area contributed by atoms with Crippen LogP contribution in [0, 0.1) is 6.92 Å². The Hall–Kier alpha value is -2.76. The zero-order valence-corrected chi connectivity index (χ0v) is 19.4. The number of halogens is 1. The lowest BCUT2D eigenvalue weighted by atomic mass is 10.0. The second-order valence-corrected chi connectivity index (χ2v) is 9.35. The lowest BCUT2D eigenvalue weighted by Gasteiger charge is -2.20. The molecule has 2 heterocycles. The molecule has 2 aromatic heterocycles. The molecule has 0 radical (unpaired) electrons. The summed E-state index contributed by atoms with van der Waals surface area (Å²) in [5.74, 6) is 0.466. The molecule has 0 fully saturated rings. The van der Waals surface area contributed by atoms with E-state index in [4.69, 9.17) is 16.6 Å². The van der Waals surface area contributed by atoms with Crippen LogP contribution in [0.25, 0.3) is 10.2 Å². The molecule has 0 aliphatic carbocycles. The van der Waals surface area contributed by atoms with Crippen LogP contribution in [0.1, 0.15) is 42.0 Å². The largest absolute Gasteiger partial charge is 0.283 e. The SMILES string of the molecule is Cc1c(Cl)ccc2sc(N(Cc3cccnc3)C(=O)Cc3ccc(C(C)C)cc3)nc12. The van der Waals surface area contributed by atoms with Crippen molar-refractivity contribution in [3.05, 3.63) is 88.2 Å². The highest BCUT2D eigenvalue weighted by Gasteiger charge is 2.21. The Morgan fingerprint density at radius 2 is 1.87 bits per heavy atom. The number of carbonyl (C=O) groups excluding carboxylic acids is 1. The molecule has 0 bridgehead atoms. The fraction of sp³-hybridized carbons (Fsp3) is 0.240. The van der Waals surface area contributed by atoms with Gasteiger partial charge in [0, 0.05) is 17.4 Å². The highest BCUT2D eigenvalue weighted by Crippen LogP contribution is 2.34. The van der Waals surface area contributed by atoms with Crippen LogP contribution in [-0.4, -0.2) is 15.9 Å². The number of thiazole rings is 1. The number of aryl methyl sites for hydroxylation is 1. The molecule has 1 amide bonds. The maximum absolute atomic E-state index is 13.4. The molecule has 4 aromatic rings. The van der Waals surface area contributed by atoms with Crippen molar-refractivity contribution in [1.29, 1.82) is 0 Å². The predicted octanol–water partition coefficient (Wildman–Crippen LogP) is 6.55. The minimum Gasteiger partial charge on any atom is -0.283 e. The fourth-order valence-electron chi connectivity index (χ4n) is 3.43. The molecule has 0 spiro atoms. The summed E-state index contributed by atoms with van der Waals surface area (Å²) < 4.78 is 1.02. The number of carbonyl (C=O) groups is 1. The highest BCUT2D eigenvalue weighted by molar-refractivity contribution is 7.22. The molecule has 2 aromatic carbocycles. The zero-order chi connectivity index (χ0) is 22.0. The van der Waals surface area contributed by atoms with Crippen LogP contribution in [0.2, 0.25) is 5.02 Å². The first-order chi connectivity index (χ1) is 14.9. The first kappa shape index (κ1) is 21.5. The number of benzene rings is 2. The molecule has 0 atom stereocenters. The van der Waals surface area contributed by atoms with Crippen LogP contribution in [0.4, 0.5) is 5.13 Å². The number of fused-ring (bicyclic) bond motifs is 1. The van der Waals surface area contributed by atoms with Gasteiger partial charge < -0.3 is 0 Å². The third kappa shape index (κ3) is 4.78. The summed E-state index contributed by atoms with van der Waals surface area (Å²) >= 11 is 7.79. The third-order valence-electron chi connectivity index (χ3n) is 5.33. The Balaban J connectivity index is 1.67. The number of aromatic nitrogens is 2. The molecule has 0 aliphatic rings. The fourth-order valence-corrected chi connectivity index (χ4v) is 4.63. The second kappa shape index (κ2) is 9.16. The Kier molecular flexibility index (Phi) is 6.35. The van der Waals surface area contributed by atoms with E-state index in [1.165, 1.54) is 16.9 Å². The molecular formula is C25H24ClN3OS. The standard InChI is InChI=1S/C25H24ClN3OS/c1-16(2)20-8-6-18(7-9-20)13-23(30)29(15-19-5-4-12-27-14-19)25-28-24-17(3)21(26)10-11-22(24)31-25/h4-12,14,16H,13,15H2,1-3H3. The summed E-state index contributed by atoms with van der Waals surface area (Å²) in [4.78, 5) is 24.2. The van der Waals surface area contributed by atoms with E-state index in [1.807, 2.05) is 43.3 Å². The summed E-state index contributed by atoms with van der Waals surface area (Å²) in [7, 11) is 0. The van der Waals surface area contributed by atoms with Crippen molar-refractivity contribution in [1.82, 2.24) is 9.97 Å². The summed E-state index contributed by atoms with van der Waals surface area (Å²) in [5.41, 5.74) is 4.99. The van der Waals surface area contributed by atoms with E-state index in [-0.39, 0.29) is 5.91 Å². The molecule has 31 heavy (non-hydrogen) atoms. The van der Waals surface area contributed by atoms with E-state index < -0.39 is 0 Å². The molecule has 4 nitrogen and oxygen atoms in total. The monoisotopic (exact) mass is 449 g/mol. The van der Waals surface area contributed by atoms with Gasteiger partial charge in [0.25, 0.3) is 0 Å². The van der Waals surface area contributed by atoms with Crippen molar-refractivity contribution in [3.63, 3.8) is 0 Å². The van der Waals surface area contributed by atoms with Crippen LogP contribution >= 0.6 is 22.9 Å². The Morgan fingerprint density at radius 1 is 1.10 bits per heavy atom. The first-order valence-electron chi connectivity index (χ1n) is 10.3. The van der Waals surface area contributed by atoms with Crippen LogP contribution in [0.5, 0.6) is 0 Å². The Bertz CT molecular complexity index is 1200. The van der Waals surface area contributed by atoms with Crippen molar-refractivity contribution in [2.75, 3.05) is 4.90 Å². The maximum Gasteiger partial charge on any atom is 0.233 e. The van der Waals surface area contributed by atoms with Crippen molar-refractivity contribution >= 4 is 44.2 Å². The lowest BCUT2D eigenvalue weighted by molar-refractivity contribution is -0.118. The van der Waals surface area contributed by atoms with Crippen molar-refractivity contribution in [2.45, 2.75) is 39.7 Å². The van der Waals surface area contributed by atoms with E-state index in [1.54, 1.807) is 17.3 Å². The van der Waals surface area contributed by atoms with Crippen LogP contribution < -0.4 is 4.90 Å². The summed E-state index contributed by atoms with van der Waals surface area (Å²) in [6.45, 7) is 6.70. The normalized spacial score (nSPS) is 11.3. The molecule has 0 N–H and O–H groups in total. The Labute approximate surface area is 191 Å². The van der Waals surface area contributed by atoms with Crippen LogP contribution in [0.15, 0.2) is 60.9 Å². The molecule has 158 valence electrons. The highest BCUT2D eigenvalue weighted by atomic mass is 35.5. The summed E-state index contributed by atoms with van der Waals surface area (Å²) in [6.07, 6.45) is 3.83. The van der Waals surface area contributed by atoms with E-state index in [2.05, 4.69) is 31.0 Å². The van der Waals surface area contributed by atoms with Crippen molar-refractivity contribution in [3.8, 4) is 0 Å². The summed E-state index contributed by atoms with van der Waals surface area (Å²) in [6, 6.07) is 16.0. The van der Waals surface area contributed by atoms with Gasteiger partial charge in [-0.05, 0) is 53.3 Å². The number of pyridine rings is 1. The van der Waals surface area contributed by atoms with Gasteiger partial charge in [-0.15, -0.1) is 0 Å². The van der Waals surface area contributed by atoms with Gasteiger partial charge in [0.2, 0.25) is 5.91 Å². The van der Waals surface area contributed by atoms with Crippen molar-refractivity contribution in [2.24, 2.45) is 0 Å². The first-order valence-corrected chi connectivity index (χ1v) is 11.5. The van der Waals surface area contributed by atoms with Crippen molar-refractivity contribution < 1.29 is 4.79 Å². The quantitative estimate of drug-likeness (QED) is 0.335. The average Bonchev–Trinajstić information content (AvgIpc) is 3.20. The van der Waals surface area contributed by atoms with E-state index >= 15 is 0 Å². The maximum atomic E-state index is 13.4. The number of anilines is 1. The van der Waals surface area contributed by atoms with E-state index in [0.29, 0.717) is 29.0 Å². The number of hydrogen-bond acceptors (Lipinski definition) is 4. The van der Waals surface area contributed by atoms with Crippen LogP contribution in [-0.2, 0) is 17.8 Å². The topological polar surface area (TPSA) is 46.1 Å². The van der Waals surface area contributed by atoms with Gasteiger partial charge in [0.1, 0.15) is 0 Å². The second-order valence-electron chi connectivity index (χ2n) is 7.93. The number of amides is 1. The third-order valence-corrected chi connectivity index (χ3v) is 6.79. The molecule has 0 saturated heterocycles. The molecule has 6 heteroatoms. The summed E-state index contributed by atoms with van der Waals surface area (Å²) in [5, 5.41) is 1.35. The van der Waals surface area contributed by atoms with Gasteiger partial charge in [0.15, 0.2) is 5.13 Å². The molecular weight excluding hydrogens is 426 g/mol. The number of rotatable bonds is 6. The van der Waals surface area contributed by atoms with E-state index in [0.717, 1.165) is 26.9 Å². The molecule has 0 unspecified atom stereocenters. The van der Waals surface area contributed by atoms with Gasteiger partial charge in [-0.3, -0.25) is 14.7 Å². The van der Waals surface area contributed by atoms with Gasteiger partial charge >= 0.3 is 0 Å². The molecule has 0 saturated carbocycles. The molecule has 4 rings (SSSR count). The average molecular weight is 450 g/mol. The smallest absolute Gasteiger partial charge is 0.233 e. The Morgan fingerprint density at radius 3 is 2.55 bits per heavy atom. The minimum absolute atomic E-state index is 0.00366.